The van der Waals surface area contributed by atoms with Gasteiger partial charge < -0.3 is 9.15 Å². The number of rotatable bonds is 2. The minimum atomic E-state index is -0.222. The van der Waals surface area contributed by atoms with E-state index in [9.17, 15) is 4.79 Å². The van der Waals surface area contributed by atoms with Gasteiger partial charge in [-0.05, 0) is 19.1 Å². The molecular formula is C19H17N3O3. The van der Waals surface area contributed by atoms with Crippen LogP contribution < -0.4 is 9.64 Å². The molecule has 1 aromatic carbocycles. The molecule has 0 N–H and O–H groups in total. The summed E-state index contributed by atoms with van der Waals surface area (Å²) in [4.78, 5) is 23.5. The first-order valence-electron chi connectivity index (χ1n) is 8.10. The third-order valence-corrected chi connectivity index (χ3v) is 4.01. The highest BCUT2D eigenvalue weighted by molar-refractivity contribution is 6.08. The zero-order valence-electron chi connectivity index (χ0n) is 14.0. The third-order valence-electron chi connectivity index (χ3n) is 4.01. The van der Waals surface area contributed by atoms with Crippen LogP contribution in [0.1, 0.15) is 23.3 Å². The van der Waals surface area contributed by atoms with Crippen molar-refractivity contribution < 1.29 is 13.9 Å². The molecule has 1 amide bonds. The first-order valence-corrected chi connectivity index (χ1v) is 8.10. The van der Waals surface area contributed by atoms with Gasteiger partial charge in [0.1, 0.15) is 11.8 Å². The number of carbonyl (C=O) groups is 1. The zero-order valence-corrected chi connectivity index (χ0v) is 14.0. The fourth-order valence-corrected chi connectivity index (χ4v) is 2.94. The Kier molecular flexibility index (Phi) is 3.72. The van der Waals surface area contributed by atoms with Crippen LogP contribution in [0.2, 0.25) is 0 Å². The molecule has 0 saturated heterocycles. The van der Waals surface area contributed by atoms with E-state index in [1.165, 1.54) is 0 Å². The lowest BCUT2D eigenvalue weighted by molar-refractivity contribution is 0.0954. The number of amides is 1. The average molecular weight is 335 g/mol. The summed E-state index contributed by atoms with van der Waals surface area (Å²) < 4.78 is 11.4. The lowest BCUT2D eigenvalue weighted by Crippen LogP contribution is -2.42. The number of aromatic nitrogens is 2. The number of carbonyl (C=O) groups excluding carboxylic acids is 1. The molecule has 1 atom stereocenters. The second-order valence-electron chi connectivity index (χ2n) is 5.95. The van der Waals surface area contributed by atoms with Gasteiger partial charge in [-0.15, -0.1) is 0 Å². The molecule has 4 rings (SSSR count). The van der Waals surface area contributed by atoms with Crippen molar-refractivity contribution in [2.45, 2.75) is 20.0 Å². The van der Waals surface area contributed by atoms with Crippen molar-refractivity contribution in [1.82, 2.24) is 9.97 Å². The summed E-state index contributed by atoms with van der Waals surface area (Å²) >= 11 is 0. The number of pyridine rings is 1. The molecule has 1 unspecified atom stereocenters. The topological polar surface area (TPSA) is 68.5 Å². The summed E-state index contributed by atoms with van der Waals surface area (Å²) in [7, 11) is 0. The first kappa shape index (κ1) is 15.4. The van der Waals surface area contributed by atoms with Crippen molar-refractivity contribution in [2.75, 3.05) is 11.4 Å². The van der Waals surface area contributed by atoms with Gasteiger partial charge >= 0.3 is 0 Å². The monoisotopic (exact) mass is 335 g/mol. The predicted molar refractivity (Wildman–Crippen MR) is 92.7 cm³/mol. The second kappa shape index (κ2) is 6.05. The number of anilines is 1. The summed E-state index contributed by atoms with van der Waals surface area (Å²) in [5, 5.41) is 0. The summed E-state index contributed by atoms with van der Waals surface area (Å²) in [5.41, 5.74) is 1.76. The van der Waals surface area contributed by atoms with Crippen LogP contribution in [-0.2, 0) is 0 Å². The van der Waals surface area contributed by atoms with Crippen LogP contribution in [0, 0.1) is 6.92 Å². The molecular weight excluding hydrogens is 318 g/mol. The average Bonchev–Trinajstić information content (AvgIpc) is 3.03. The lowest BCUT2D eigenvalue weighted by Gasteiger charge is -2.32. The minimum absolute atomic E-state index is 0.153. The van der Waals surface area contributed by atoms with E-state index in [0.717, 1.165) is 5.56 Å². The smallest absolute Gasteiger partial charge is 0.281 e. The molecule has 25 heavy (non-hydrogen) atoms. The van der Waals surface area contributed by atoms with Crippen LogP contribution >= 0.6 is 0 Å². The van der Waals surface area contributed by atoms with Crippen molar-refractivity contribution in [3.8, 4) is 17.2 Å². The molecule has 6 heteroatoms. The highest BCUT2D eigenvalue weighted by Crippen LogP contribution is 2.33. The predicted octanol–water partition coefficient (Wildman–Crippen LogP) is 3.47. The summed E-state index contributed by atoms with van der Waals surface area (Å²) in [6.45, 7) is 4.07. The van der Waals surface area contributed by atoms with Gasteiger partial charge in [0, 0.05) is 18.7 Å². The van der Waals surface area contributed by atoms with Gasteiger partial charge in [-0.3, -0.25) is 9.69 Å². The molecule has 0 fully saturated rings. The molecule has 0 radical (unpaired) electrons. The molecule has 1 aliphatic rings. The Morgan fingerprint density at radius 2 is 2.00 bits per heavy atom. The van der Waals surface area contributed by atoms with Crippen molar-refractivity contribution in [3.63, 3.8) is 0 Å². The van der Waals surface area contributed by atoms with E-state index in [0.29, 0.717) is 35.5 Å². The summed E-state index contributed by atoms with van der Waals surface area (Å²) in [6, 6.07) is 13.1. The van der Waals surface area contributed by atoms with Gasteiger partial charge in [-0.25, -0.2) is 9.97 Å². The van der Waals surface area contributed by atoms with E-state index in [1.54, 1.807) is 24.1 Å². The Balaban J connectivity index is 1.78. The number of fused-ring (bicyclic) bond motifs is 1. The van der Waals surface area contributed by atoms with Crippen molar-refractivity contribution in [3.05, 3.63) is 60.2 Å². The van der Waals surface area contributed by atoms with Crippen LogP contribution in [0.5, 0.6) is 5.88 Å². The van der Waals surface area contributed by atoms with Crippen LogP contribution in [-0.4, -0.2) is 28.5 Å². The van der Waals surface area contributed by atoms with E-state index in [2.05, 4.69) is 9.97 Å². The van der Waals surface area contributed by atoms with Crippen LogP contribution in [0.15, 0.2) is 53.1 Å². The maximum atomic E-state index is 13.2. The van der Waals surface area contributed by atoms with Gasteiger partial charge in [-0.2, -0.15) is 0 Å². The molecule has 3 heterocycles. The number of aryl methyl sites for hydroxylation is 1. The van der Waals surface area contributed by atoms with E-state index in [-0.39, 0.29) is 12.0 Å². The van der Waals surface area contributed by atoms with Gasteiger partial charge in [0.25, 0.3) is 5.91 Å². The molecule has 0 saturated carbocycles. The quantitative estimate of drug-likeness (QED) is 0.717. The Hall–Kier alpha value is -3.15. The van der Waals surface area contributed by atoms with E-state index in [4.69, 9.17) is 9.15 Å². The molecule has 2 aromatic heterocycles. The van der Waals surface area contributed by atoms with Gasteiger partial charge in [0.2, 0.25) is 5.88 Å². The second-order valence-corrected chi connectivity index (χ2v) is 5.95. The summed E-state index contributed by atoms with van der Waals surface area (Å²) in [6.07, 6.45) is 1.49. The maximum Gasteiger partial charge on any atom is 0.281 e. The Morgan fingerprint density at radius 1 is 1.20 bits per heavy atom. The van der Waals surface area contributed by atoms with E-state index < -0.39 is 0 Å². The number of ether oxygens (including phenoxy) is 1. The maximum absolute atomic E-state index is 13.2. The fourth-order valence-electron chi connectivity index (χ4n) is 2.94. The number of nitrogens with zero attached hydrogens (tertiary/aromatic N) is 3. The number of hydrogen-bond acceptors (Lipinski definition) is 5. The summed E-state index contributed by atoms with van der Waals surface area (Å²) in [5.74, 6) is 1.17. The van der Waals surface area contributed by atoms with Crippen LogP contribution in [0.3, 0.4) is 0 Å². The van der Waals surface area contributed by atoms with Crippen LogP contribution in [0.4, 0.5) is 5.69 Å². The minimum Gasteiger partial charge on any atom is -0.471 e. The molecule has 6 nitrogen and oxygen atoms in total. The van der Waals surface area contributed by atoms with Gasteiger partial charge in [0.05, 0.1) is 6.54 Å². The van der Waals surface area contributed by atoms with E-state index >= 15 is 0 Å². The molecule has 0 aliphatic carbocycles. The lowest BCUT2D eigenvalue weighted by atomic mass is 10.1. The Labute approximate surface area is 145 Å². The van der Waals surface area contributed by atoms with Gasteiger partial charge in [0.15, 0.2) is 17.3 Å². The highest BCUT2D eigenvalue weighted by atomic mass is 16.5. The first-order chi connectivity index (χ1) is 12.1. The standard InChI is InChI=1S/C19H17N3O3/c1-12-11-22(15-9-6-10-20-18(15)24-12)19(23)16-17(25-13(2)21-16)14-7-4-3-5-8-14/h3-10,12H,11H2,1-2H3. The van der Waals surface area contributed by atoms with Gasteiger partial charge in [-0.1, -0.05) is 30.3 Å². The number of benzene rings is 1. The van der Waals surface area contributed by atoms with E-state index in [1.807, 2.05) is 43.3 Å². The number of hydrogen-bond donors (Lipinski definition) is 0. The molecule has 126 valence electrons. The number of oxazole rings is 1. The molecule has 0 spiro atoms. The normalized spacial score (nSPS) is 16.2. The van der Waals surface area contributed by atoms with Crippen LogP contribution in [0.25, 0.3) is 11.3 Å². The molecule has 1 aliphatic heterocycles. The molecule has 0 bridgehead atoms. The van der Waals surface area contributed by atoms with Crippen molar-refractivity contribution in [2.24, 2.45) is 0 Å². The fraction of sp³-hybridized carbons (Fsp3) is 0.211. The third kappa shape index (κ3) is 2.76. The Bertz CT molecular complexity index is 921. The Morgan fingerprint density at radius 3 is 2.80 bits per heavy atom. The van der Waals surface area contributed by atoms with Crippen molar-refractivity contribution in [1.29, 1.82) is 0 Å². The molecule has 3 aromatic rings. The SMILES string of the molecule is Cc1nc(C(=O)N2CC(C)Oc3ncccc32)c(-c2ccccc2)o1. The highest BCUT2D eigenvalue weighted by Gasteiger charge is 2.32. The van der Waals surface area contributed by atoms with Crippen molar-refractivity contribution >= 4 is 11.6 Å². The zero-order chi connectivity index (χ0) is 17.4. The largest absolute Gasteiger partial charge is 0.471 e.